The van der Waals surface area contributed by atoms with E-state index < -0.39 is 0 Å². The van der Waals surface area contributed by atoms with Crippen molar-refractivity contribution < 1.29 is 37.2 Å². The first kappa shape index (κ1) is 740. The molecule has 0 aliphatic carbocycles. The second kappa shape index (κ2) is 550. The molecule has 0 saturated heterocycles. The maximum atomic E-state index is 0. The molecule has 0 aliphatic heterocycles. The van der Waals surface area contributed by atoms with E-state index in [9.17, 15) is 0 Å². The molecule has 18 radical (unpaired) electrons. The van der Waals surface area contributed by atoms with Crippen molar-refractivity contribution in [3.63, 3.8) is 0 Å². The van der Waals surface area contributed by atoms with E-state index in [2.05, 4.69) is 0 Å². The fourth-order valence-corrected chi connectivity index (χ4v) is 0. The quantitative estimate of drug-likeness (QED) is 0.375. The summed E-state index contributed by atoms with van der Waals surface area (Å²) in [6.07, 6.45) is 0. The molecule has 54 valence electrons. The largest absolute Gasteiger partial charge is 3.00 e. The van der Waals surface area contributed by atoms with E-state index in [1.807, 2.05) is 0 Å². The minimum Gasteiger partial charge on any atom is -1.00 e. The molecule has 0 aliphatic rings. The fourth-order valence-electron chi connectivity index (χ4n) is 0. The van der Waals surface area contributed by atoms with E-state index >= 15 is 0 Å². The third kappa shape index (κ3) is 395. The van der Waals surface area contributed by atoms with Crippen LogP contribution in [0.2, 0.25) is 0 Å². The van der Waals surface area contributed by atoms with Crippen molar-refractivity contribution >= 4 is 19.8 Å². The van der Waals surface area contributed by atoms with Crippen LogP contribution in [0.15, 0.2) is 0 Å². The molecule has 0 amide bonds. The van der Waals surface area contributed by atoms with Gasteiger partial charge in [0.2, 0.25) is 0 Å². The van der Waals surface area contributed by atoms with Gasteiger partial charge in [-0.15, -0.1) is 0 Å². The zero-order chi connectivity index (χ0) is 0. The van der Waals surface area contributed by atoms with Crippen molar-refractivity contribution in [3.05, 3.63) is 0 Å². The molecular weight excluding hydrogens is 260 g/mol. The molecule has 10 heteroatoms. The van der Waals surface area contributed by atoms with Gasteiger partial charge in [0.05, 0.1) is 0 Å². The van der Waals surface area contributed by atoms with Gasteiger partial charge in [-0.25, -0.2) is 0 Å². The first-order chi connectivity index (χ1) is 0. The molecule has 0 N–H and O–H groups in total. The Morgan fingerprint density at radius 1 is 0.300 bits per heavy atom. The summed E-state index contributed by atoms with van der Waals surface area (Å²) >= 11 is 0. The van der Waals surface area contributed by atoms with Gasteiger partial charge in [0.25, 0.3) is 0 Å². The van der Waals surface area contributed by atoms with E-state index in [-0.39, 0.29) is 93.9 Å². The van der Waals surface area contributed by atoms with E-state index in [0.717, 1.165) is 0 Å². The van der Waals surface area contributed by atoms with E-state index in [1.165, 1.54) is 0 Å². The summed E-state index contributed by atoms with van der Waals surface area (Å²) in [5.74, 6) is 0. The van der Waals surface area contributed by atoms with Gasteiger partial charge in [-0.05, 0) is 0 Å². The van der Waals surface area contributed by atoms with Crippen LogP contribution in [0.1, 0.15) is 0 Å². The monoisotopic (exact) mass is 258 g/mol. The first-order valence-electron chi connectivity index (χ1n) is 0. The normalized spacial score (nSPS) is 0. The molecule has 0 aromatic carbocycles. The molecule has 0 unspecified atom stereocenters. The molecule has 0 atom stereocenters. The molecule has 10 heavy (non-hydrogen) atoms. The molecule has 0 saturated carbocycles. The predicted molar refractivity (Wildman–Crippen MR) is 18.6 cm³/mol. The topological polar surface area (TPSA) is 183 Å². The predicted octanol–water partition coefficient (Wildman–Crippen LogP) is -12.3. The number of nitrogens with zero attached hydrogens (tertiary/aromatic N) is 6. The van der Waals surface area contributed by atoms with Gasteiger partial charge in [0, 0.05) is 36.9 Å². The van der Waals surface area contributed by atoms with E-state index in [0.29, 0.717) is 0 Å². The Morgan fingerprint density at radius 2 is 0.300 bits per heavy atom. The Bertz CT molecular complexity index is 13.0. The van der Waals surface area contributed by atoms with Crippen molar-refractivity contribution in [1.82, 2.24) is 36.9 Å². The zero-order valence-corrected chi connectivity index (χ0v) is 9.08. The van der Waals surface area contributed by atoms with Gasteiger partial charge < -0.3 is 37.2 Å². The summed E-state index contributed by atoms with van der Waals surface area (Å²) in [6, 6.07) is 0. The van der Waals surface area contributed by atoms with Crippen molar-refractivity contribution in [2.75, 3.05) is 0 Å². The number of rotatable bonds is 0. The average molecular weight is 260 g/mol. The van der Waals surface area contributed by atoms with Gasteiger partial charge in [-0.3, -0.25) is 0 Å². The third-order valence-electron chi connectivity index (χ3n) is 0. The number of hydrogen-bond acceptors (Lipinski definition) is 0. The molecule has 0 rings (SSSR count). The second-order valence-electron chi connectivity index (χ2n) is 0. The Hall–Kier alpha value is 1.27. The van der Waals surface area contributed by atoms with Gasteiger partial charge >= 0.3 is 19.8 Å². The van der Waals surface area contributed by atoms with Gasteiger partial charge in [0.1, 0.15) is 0 Å². The Morgan fingerprint density at radius 3 is 0.300 bits per heavy atom. The number of hydrogen-bond donors (Lipinski definition) is 0. The minimum atomic E-state index is 0. The molecule has 0 spiro atoms. The standard InChI is InChI=1S/3ClH.Ga.6N/h3*1H;;;;;;;/q;;;+3;;;;;;/p-3. The number of halogens is 3. The Labute approximate surface area is 93.8 Å². The molecule has 0 fully saturated rings. The van der Waals surface area contributed by atoms with Crippen molar-refractivity contribution in [1.29, 1.82) is 0 Å². The molecular formula is Cl3GaN6. The Kier molecular flexibility index (Phi) is 40700. The SMILES string of the molecule is [Cl-].[Cl-].[Cl-].[Ga+3].[N].[N].[N].[N].[N].[N]. The summed E-state index contributed by atoms with van der Waals surface area (Å²) in [7, 11) is 0. The molecule has 0 aromatic heterocycles. The van der Waals surface area contributed by atoms with Crippen molar-refractivity contribution in [2.45, 2.75) is 0 Å². The summed E-state index contributed by atoms with van der Waals surface area (Å²) in [6.45, 7) is 0. The molecule has 0 bridgehead atoms. The summed E-state index contributed by atoms with van der Waals surface area (Å²) in [5, 5.41) is 0. The first-order valence-corrected chi connectivity index (χ1v) is 0. The van der Waals surface area contributed by atoms with Gasteiger partial charge in [0.15, 0.2) is 0 Å². The van der Waals surface area contributed by atoms with Crippen LogP contribution in [0, 0.1) is 0 Å². The van der Waals surface area contributed by atoms with Crippen LogP contribution in [-0.2, 0) is 0 Å². The summed E-state index contributed by atoms with van der Waals surface area (Å²) in [4.78, 5) is 0. The molecule has 0 heterocycles. The maximum Gasteiger partial charge on any atom is 3.00 e. The molecule has 0 aromatic rings. The molecule has 6 nitrogen and oxygen atoms in total. The second-order valence-corrected chi connectivity index (χ2v) is 0. The van der Waals surface area contributed by atoms with Crippen LogP contribution >= 0.6 is 0 Å². The summed E-state index contributed by atoms with van der Waals surface area (Å²) in [5.41, 5.74) is 0. The maximum absolute atomic E-state index is 0. The smallest absolute Gasteiger partial charge is 1.00 e. The van der Waals surface area contributed by atoms with Crippen molar-refractivity contribution in [2.24, 2.45) is 0 Å². The third-order valence-corrected chi connectivity index (χ3v) is 0. The Balaban J connectivity index is 0. The minimum absolute atomic E-state index is 0. The van der Waals surface area contributed by atoms with Crippen molar-refractivity contribution in [3.8, 4) is 0 Å². The van der Waals surface area contributed by atoms with E-state index in [4.69, 9.17) is 0 Å². The van der Waals surface area contributed by atoms with Gasteiger partial charge in [-0.1, -0.05) is 0 Å². The fraction of sp³-hybridized carbons (Fsp3) is 0. The summed E-state index contributed by atoms with van der Waals surface area (Å²) < 4.78 is 0. The van der Waals surface area contributed by atoms with Crippen LogP contribution in [0.4, 0.5) is 0 Å². The van der Waals surface area contributed by atoms with Crippen LogP contribution in [0.5, 0.6) is 0 Å². The van der Waals surface area contributed by atoms with Crippen LogP contribution in [0.25, 0.3) is 0 Å². The van der Waals surface area contributed by atoms with Crippen LogP contribution in [-0.4, -0.2) is 19.8 Å². The zero-order valence-electron chi connectivity index (χ0n) is 4.39. The van der Waals surface area contributed by atoms with Gasteiger partial charge in [-0.2, -0.15) is 0 Å². The average Bonchev–Trinajstić information content (AvgIpc) is 0. The van der Waals surface area contributed by atoms with Crippen LogP contribution < -0.4 is 74.1 Å². The van der Waals surface area contributed by atoms with E-state index in [1.54, 1.807) is 0 Å². The van der Waals surface area contributed by atoms with Crippen LogP contribution in [0.3, 0.4) is 0 Å².